The first-order valence-electron chi connectivity index (χ1n) is 12.3. The summed E-state index contributed by atoms with van der Waals surface area (Å²) in [7, 11) is 0. The van der Waals surface area contributed by atoms with Gasteiger partial charge in [-0.3, -0.25) is 14.3 Å². The summed E-state index contributed by atoms with van der Waals surface area (Å²) in [5.41, 5.74) is 2.35. The fraction of sp³-hybridized carbons (Fsp3) is 0.200. The number of ether oxygens (including phenoxy) is 1. The maximum Gasteiger partial charge on any atom is 0.341 e. The van der Waals surface area contributed by atoms with Crippen LogP contribution in [-0.2, 0) is 11.3 Å². The molecule has 0 unspecified atom stereocenters. The lowest BCUT2D eigenvalue weighted by atomic mass is 10.00. The second-order valence-electron chi connectivity index (χ2n) is 10.0. The molecule has 0 amide bonds. The largest absolute Gasteiger partial charge is 0.456 e. The van der Waals surface area contributed by atoms with Gasteiger partial charge in [-0.25, -0.2) is 14.8 Å². The second kappa shape index (κ2) is 10.9. The van der Waals surface area contributed by atoms with Gasteiger partial charge in [0.05, 0.1) is 39.4 Å². The van der Waals surface area contributed by atoms with E-state index in [9.17, 15) is 14.9 Å². The van der Waals surface area contributed by atoms with Crippen molar-refractivity contribution in [3.63, 3.8) is 0 Å². The zero-order chi connectivity index (χ0) is 29.5. The standard InChI is InChI=1S/C30H21Cl2N5O3S/c1-16-36-23-14-35-27(32)21(13-33)24(23)28(38)37(16)11-5-6-17-7-8-18(31)12-20(17)19-9-10-34-25-22(15-41-26(19)25)29(39)40-30(2,3)4/h7-10,12,14-15H,11H2,1-4H3. The average molecular weight is 603 g/mol. The van der Waals surface area contributed by atoms with Gasteiger partial charge in [-0.1, -0.05) is 35.0 Å². The van der Waals surface area contributed by atoms with Gasteiger partial charge in [-0.2, -0.15) is 5.26 Å². The van der Waals surface area contributed by atoms with Gasteiger partial charge in [0.15, 0.2) is 0 Å². The molecule has 0 aliphatic rings. The van der Waals surface area contributed by atoms with Crippen LogP contribution in [0.5, 0.6) is 0 Å². The number of esters is 1. The normalized spacial score (nSPS) is 11.2. The molecule has 5 rings (SSSR count). The van der Waals surface area contributed by atoms with Crippen LogP contribution in [0.15, 0.2) is 46.8 Å². The molecule has 1 aromatic carbocycles. The number of carbonyl (C=O) groups is 1. The molecule has 0 fully saturated rings. The number of carbonyl (C=O) groups excluding carboxylic acids is 1. The van der Waals surface area contributed by atoms with Gasteiger partial charge in [0, 0.05) is 33.3 Å². The van der Waals surface area contributed by atoms with Crippen molar-refractivity contribution < 1.29 is 9.53 Å². The highest BCUT2D eigenvalue weighted by atomic mass is 35.5. The molecule has 0 N–H and O–H groups in total. The first kappa shape index (κ1) is 28.3. The van der Waals surface area contributed by atoms with Gasteiger partial charge in [0.25, 0.3) is 5.56 Å². The van der Waals surface area contributed by atoms with E-state index in [-0.39, 0.29) is 22.6 Å². The second-order valence-corrected chi connectivity index (χ2v) is 11.7. The Morgan fingerprint density at radius 2 is 1.95 bits per heavy atom. The van der Waals surface area contributed by atoms with E-state index in [0.717, 1.165) is 15.8 Å². The van der Waals surface area contributed by atoms with Crippen LogP contribution < -0.4 is 5.56 Å². The molecule has 41 heavy (non-hydrogen) atoms. The first-order valence-corrected chi connectivity index (χ1v) is 14.0. The van der Waals surface area contributed by atoms with Crippen molar-refractivity contribution >= 4 is 61.6 Å². The van der Waals surface area contributed by atoms with Crippen LogP contribution >= 0.6 is 34.5 Å². The molecule has 0 radical (unpaired) electrons. The van der Waals surface area contributed by atoms with Crippen molar-refractivity contribution in [3.05, 3.63) is 85.1 Å². The zero-order valence-electron chi connectivity index (χ0n) is 22.4. The number of nitriles is 1. The van der Waals surface area contributed by atoms with E-state index < -0.39 is 17.1 Å². The van der Waals surface area contributed by atoms with Gasteiger partial charge < -0.3 is 4.74 Å². The van der Waals surface area contributed by atoms with E-state index in [1.807, 2.05) is 32.9 Å². The minimum Gasteiger partial charge on any atom is -0.456 e. The number of aromatic nitrogens is 4. The number of halogens is 2. The van der Waals surface area contributed by atoms with Crippen LogP contribution in [0.4, 0.5) is 0 Å². The van der Waals surface area contributed by atoms with E-state index in [1.54, 1.807) is 36.7 Å². The number of benzene rings is 1. The fourth-order valence-corrected chi connectivity index (χ4v) is 5.65. The van der Waals surface area contributed by atoms with E-state index in [2.05, 4.69) is 26.8 Å². The highest BCUT2D eigenvalue weighted by molar-refractivity contribution is 7.18. The van der Waals surface area contributed by atoms with Crippen LogP contribution in [-0.4, -0.2) is 31.1 Å². The Hall–Kier alpha value is -4.28. The number of pyridine rings is 2. The SMILES string of the molecule is Cc1nc2cnc(Cl)c(C#N)c2c(=O)n1CC#Cc1ccc(Cl)cc1-c1ccnc2c(C(=O)OC(C)(C)C)csc12. The third-order valence-corrected chi connectivity index (χ3v) is 7.59. The van der Waals surface area contributed by atoms with Crippen LogP contribution in [0.1, 0.15) is 48.1 Å². The van der Waals surface area contributed by atoms with Gasteiger partial charge in [0.2, 0.25) is 0 Å². The Labute approximate surface area is 249 Å². The number of hydrogen-bond donors (Lipinski definition) is 0. The molecule has 204 valence electrons. The summed E-state index contributed by atoms with van der Waals surface area (Å²) in [5.74, 6) is 6.18. The number of nitrogens with zero attached hydrogens (tertiary/aromatic N) is 5. The predicted octanol–water partition coefficient (Wildman–Crippen LogP) is 6.56. The monoisotopic (exact) mass is 601 g/mol. The van der Waals surface area contributed by atoms with Crippen molar-refractivity contribution in [3.8, 4) is 29.0 Å². The molecule has 0 aliphatic heterocycles. The highest BCUT2D eigenvalue weighted by Crippen LogP contribution is 2.37. The molecule has 0 saturated heterocycles. The lowest BCUT2D eigenvalue weighted by Crippen LogP contribution is -2.24. The van der Waals surface area contributed by atoms with E-state index in [4.69, 9.17) is 27.9 Å². The van der Waals surface area contributed by atoms with Gasteiger partial charge in [-0.05, 0) is 52.0 Å². The zero-order valence-corrected chi connectivity index (χ0v) is 24.7. The Morgan fingerprint density at radius 1 is 1.17 bits per heavy atom. The Kier molecular flexibility index (Phi) is 7.54. The molecule has 0 bridgehead atoms. The molecule has 8 nitrogen and oxygen atoms in total. The summed E-state index contributed by atoms with van der Waals surface area (Å²) in [4.78, 5) is 38.9. The summed E-state index contributed by atoms with van der Waals surface area (Å²) >= 11 is 13.8. The maximum absolute atomic E-state index is 13.3. The van der Waals surface area contributed by atoms with Gasteiger partial charge in [-0.15, -0.1) is 11.3 Å². The van der Waals surface area contributed by atoms with E-state index in [0.29, 0.717) is 33.0 Å². The number of hydrogen-bond acceptors (Lipinski definition) is 8. The predicted molar refractivity (Wildman–Crippen MR) is 160 cm³/mol. The van der Waals surface area contributed by atoms with Crippen molar-refractivity contribution in [1.82, 2.24) is 19.5 Å². The summed E-state index contributed by atoms with van der Waals surface area (Å²) < 4.78 is 7.74. The topological polar surface area (TPSA) is 111 Å². The summed E-state index contributed by atoms with van der Waals surface area (Å²) in [6.07, 6.45) is 3.00. The lowest BCUT2D eigenvalue weighted by Gasteiger charge is -2.19. The van der Waals surface area contributed by atoms with Crippen LogP contribution in [0.2, 0.25) is 10.2 Å². The van der Waals surface area contributed by atoms with Crippen LogP contribution in [0, 0.1) is 30.1 Å². The molecule has 0 aliphatic carbocycles. The highest BCUT2D eigenvalue weighted by Gasteiger charge is 2.23. The number of aryl methyl sites for hydroxylation is 1. The van der Waals surface area contributed by atoms with Gasteiger partial charge >= 0.3 is 5.97 Å². The number of fused-ring (bicyclic) bond motifs is 2. The fourth-order valence-electron chi connectivity index (χ4n) is 4.27. The van der Waals surface area contributed by atoms with Crippen molar-refractivity contribution in [2.75, 3.05) is 0 Å². The quantitative estimate of drug-likeness (QED) is 0.131. The molecule has 5 aromatic rings. The first-order chi connectivity index (χ1) is 19.5. The Morgan fingerprint density at radius 3 is 2.68 bits per heavy atom. The molecule has 0 atom stereocenters. The molecule has 4 heterocycles. The van der Waals surface area contributed by atoms with Crippen molar-refractivity contribution in [2.45, 2.75) is 39.8 Å². The lowest BCUT2D eigenvalue weighted by molar-refractivity contribution is 0.00721. The molecular weight excluding hydrogens is 581 g/mol. The van der Waals surface area contributed by atoms with Crippen molar-refractivity contribution in [1.29, 1.82) is 5.26 Å². The maximum atomic E-state index is 13.3. The number of rotatable bonds is 3. The molecular formula is C30H21Cl2N5O3S. The molecule has 11 heteroatoms. The van der Waals surface area contributed by atoms with Crippen LogP contribution in [0.25, 0.3) is 32.2 Å². The molecule has 0 spiro atoms. The van der Waals surface area contributed by atoms with E-state index >= 15 is 0 Å². The smallest absolute Gasteiger partial charge is 0.341 e. The minimum atomic E-state index is -0.640. The van der Waals surface area contributed by atoms with E-state index in [1.165, 1.54) is 22.1 Å². The molecule has 4 aromatic heterocycles. The minimum absolute atomic E-state index is 0.0215. The average Bonchev–Trinajstić information content (AvgIpc) is 3.35. The van der Waals surface area contributed by atoms with Gasteiger partial charge in [0.1, 0.15) is 28.2 Å². The summed E-state index contributed by atoms with van der Waals surface area (Å²) in [6, 6.07) is 9.12. The number of thiophene rings is 1. The third kappa shape index (κ3) is 5.53. The Bertz CT molecular complexity index is 2040. The summed E-state index contributed by atoms with van der Waals surface area (Å²) in [6.45, 7) is 7.15. The molecule has 0 saturated carbocycles. The van der Waals surface area contributed by atoms with Crippen molar-refractivity contribution in [2.24, 2.45) is 0 Å². The Balaban J connectivity index is 1.57. The van der Waals surface area contributed by atoms with Crippen LogP contribution in [0.3, 0.4) is 0 Å². The summed E-state index contributed by atoms with van der Waals surface area (Å²) in [5, 5.41) is 11.8. The third-order valence-electron chi connectivity index (χ3n) is 6.06.